The summed E-state index contributed by atoms with van der Waals surface area (Å²) in [4.78, 5) is 15.3. The molecular weight excluding hydrogens is 302 g/mol. The Morgan fingerprint density at radius 1 is 1.65 bits per heavy atom. The molecule has 0 aromatic carbocycles. The van der Waals surface area contributed by atoms with E-state index in [0.717, 1.165) is 22.8 Å². The highest BCUT2D eigenvalue weighted by atomic mass is 32.2. The Labute approximate surface area is 121 Å². The average molecular weight is 317 g/mol. The molecule has 0 N–H and O–H groups in total. The number of esters is 1. The molecule has 1 unspecified atom stereocenters. The van der Waals surface area contributed by atoms with Crippen LogP contribution in [0.4, 0.5) is 0 Å². The van der Waals surface area contributed by atoms with Crippen LogP contribution in [-0.2, 0) is 14.8 Å². The van der Waals surface area contributed by atoms with Crippen molar-refractivity contribution >= 4 is 27.3 Å². The molecular formula is C11H15N3O4S2. The number of hydrogen-bond donors (Lipinski definition) is 0. The number of ether oxygens (including phenoxy) is 1. The van der Waals surface area contributed by atoms with Crippen molar-refractivity contribution in [1.82, 2.24) is 9.29 Å². The SMILES string of the molecule is CCN(CC(C)C#N)S(=O)(=O)c1scnc1C(=O)OC. The molecule has 0 fully saturated rings. The number of nitriles is 1. The Morgan fingerprint density at radius 3 is 2.80 bits per heavy atom. The minimum Gasteiger partial charge on any atom is -0.464 e. The lowest BCUT2D eigenvalue weighted by Gasteiger charge is -2.20. The van der Waals surface area contributed by atoms with Crippen LogP contribution in [0.25, 0.3) is 0 Å². The molecule has 1 heterocycles. The molecule has 0 bridgehead atoms. The van der Waals surface area contributed by atoms with Gasteiger partial charge in [0, 0.05) is 13.1 Å². The van der Waals surface area contributed by atoms with Crippen molar-refractivity contribution in [2.24, 2.45) is 5.92 Å². The van der Waals surface area contributed by atoms with E-state index in [1.807, 2.05) is 6.07 Å². The maximum absolute atomic E-state index is 12.5. The molecule has 0 saturated heterocycles. The highest BCUT2D eigenvalue weighted by molar-refractivity contribution is 7.91. The number of methoxy groups -OCH3 is 1. The lowest BCUT2D eigenvalue weighted by Crippen LogP contribution is -2.34. The van der Waals surface area contributed by atoms with Gasteiger partial charge in [-0.15, -0.1) is 11.3 Å². The number of sulfonamides is 1. The summed E-state index contributed by atoms with van der Waals surface area (Å²) in [6.07, 6.45) is 0. The van der Waals surface area contributed by atoms with E-state index in [1.54, 1.807) is 13.8 Å². The van der Waals surface area contributed by atoms with Crippen LogP contribution in [0.3, 0.4) is 0 Å². The van der Waals surface area contributed by atoms with Crippen molar-refractivity contribution in [3.63, 3.8) is 0 Å². The van der Waals surface area contributed by atoms with E-state index in [2.05, 4.69) is 9.72 Å². The summed E-state index contributed by atoms with van der Waals surface area (Å²) >= 11 is 0.854. The van der Waals surface area contributed by atoms with Crippen LogP contribution >= 0.6 is 11.3 Å². The van der Waals surface area contributed by atoms with Crippen molar-refractivity contribution in [3.05, 3.63) is 11.2 Å². The molecule has 1 aromatic heterocycles. The van der Waals surface area contributed by atoms with Crippen molar-refractivity contribution < 1.29 is 17.9 Å². The van der Waals surface area contributed by atoms with Crippen LogP contribution in [0.15, 0.2) is 9.72 Å². The Bertz CT molecular complexity index is 618. The highest BCUT2D eigenvalue weighted by Gasteiger charge is 2.32. The third kappa shape index (κ3) is 3.33. The first-order valence-corrected chi connectivity index (χ1v) is 8.12. The van der Waals surface area contributed by atoms with Gasteiger partial charge in [0.05, 0.1) is 24.6 Å². The lowest BCUT2D eigenvalue weighted by atomic mass is 10.2. The van der Waals surface area contributed by atoms with Crippen molar-refractivity contribution in [2.45, 2.75) is 18.1 Å². The fourth-order valence-corrected chi connectivity index (χ4v) is 4.32. The van der Waals surface area contributed by atoms with E-state index in [1.165, 1.54) is 5.51 Å². The first kappa shape index (κ1) is 16.6. The smallest absolute Gasteiger partial charge is 0.358 e. The van der Waals surface area contributed by atoms with Crippen LogP contribution in [0.2, 0.25) is 0 Å². The number of aromatic nitrogens is 1. The van der Waals surface area contributed by atoms with E-state index in [0.29, 0.717) is 0 Å². The third-order valence-electron chi connectivity index (χ3n) is 2.54. The van der Waals surface area contributed by atoms with Crippen LogP contribution in [0, 0.1) is 17.2 Å². The van der Waals surface area contributed by atoms with Crippen molar-refractivity contribution in [1.29, 1.82) is 5.26 Å². The van der Waals surface area contributed by atoms with E-state index in [-0.39, 0.29) is 23.0 Å². The van der Waals surface area contributed by atoms with Gasteiger partial charge >= 0.3 is 5.97 Å². The average Bonchev–Trinajstić information content (AvgIpc) is 2.93. The zero-order valence-electron chi connectivity index (χ0n) is 11.4. The maximum atomic E-state index is 12.5. The number of nitrogens with zero attached hydrogens (tertiary/aromatic N) is 3. The van der Waals surface area contributed by atoms with Gasteiger partial charge < -0.3 is 4.74 Å². The van der Waals surface area contributed by atoms with Crippen LogP contribution < -0.4 is 0 Å². The second kappa shape index (κ2) is 6.78. The molecule has 20 heavy (non-hydrogen) atoms. The quantitative estimate of drug-likeness (QED) is 0.728. The fourth-order valence-electron chi connectivity index (χ4n) is 1.51. The van der Waals surface area contributed by atoms with E-state index < -0.39 is 21.9 Å². The summed E-state index contributed by atoms with van der Waals surface area (Å²) in [7, 11) is -2.70. The second-order valence-electron chi connectivity index (χ2n) is 3.97. The number of carbonyl (C=O) groups is 1. The Morgan fingerprint density at radius 2 is 2.30 bits per heavy atom. The first-order valence-electron chi connectivity index (χ1n) is 5.80. The van der Waals surface area contributed by atoms with Crippen LogP contribution in [-0.4, -0.2) is 43.9 Å². The molecule has 0 aliphatic heterocycles. The molecule has 1 aromatic rings. The Hall–Kier alpha value is -1.50. The van der Waals surface area contributed by atoms with Gasteiger partial charge in [-0.3, -0.25) is 0 Å². The molecule has 1 atom stereocenters. The van der Waals surface area contributed by atoms with Gasteiger partial charge in [0.2, 0.25) is 0 Å². The minimum atomic E-state index is -3.86. The van der Waals surface area contributed by atoms with Gasteiger partial charge in [0.15, 0.2) is 9.90 Å². The monoisotopic (exact) mass is 317 g/mol. The number of hydrogen-bond acceptors (Lipinski definition) is 7. The van der Waals surface area contributed by atoms with E-state index >= 15 is 0 Å². The molecule has 0 saturated carbocycles. The predicted molar refractivity (Wildman–Crippen MR) is 72.7 cm³/mol. The maximum Gasteiger partial charge on any atom is 0.358 e. The summed E-state index contributed by atoms with van der Waals surface area (Å²) in [6.45, 7) is 3.56. The number of carbonyl (C=O) groups excluding carboxylic acids is 1. The summed E-state index contributed by atoms with van der Waals surface area (Å²) < 4.78 is 30.5. The summed E-state index contributed by atoms with van der Waals surface area (Å²) in [6, 6.07) is 1.99. The molecule has 1 rings (SSSR count). The van der Waals surface area contributed by atoms with Gasteiger partial charge in [-0.1, -0.05) is 6.92 Å². The van der Waals surface area contributed by atoms with E-state index in [9.17, 15) is 13.2 Å². The normalized spacial score (nSPS) is 12.9. The first-order chi connectivity index (χ1) is 9.38. The van der Waals surface area contributed by atoms with E-state index in [4.69, 9.17) is 5.26 Å². The number of thiazole rings is 1. The van der Waals surface area contributed by atoms with Gasteiger partial charge in [-0.05, 0) is 6.92 Å². The summed E-state index contributed by atoms with van der Waals surface area (Å²) in [5.41, 5.74) is 1.06. The lowest BCUT2D eigenvalue weighted by molar-refractivity contribution is 0.0590. The Kier molecular flexibility index (Phi) is 5.62. The molecule has 7 nitrogen and oxygen atoms in total. The van der Waals surface area contributed by atoms with Gasteiger partial charge in [0.25, 0.3) is 10.0 Å². The van der Waals surface area contributed by atoms with Crippen LogP contribution in [0.1, 0.15) is 24.3 Å². The van der Waals surface area contributed by atoms with Crippen molar-refractivity contribution in [3.8, 4) is 6.07 Å². The van der Waals surface area contributed by atoms with Crippen molar-refractivity contribution in [2.75, 3.05) is 20.2 Å². The molecule has 0 amide bonds. The predicted octanol–water partition coefficient (Wildman–Crippen LogP) is 1.10. The van der Waals surface area contributed by atoms with Gasteiger partial charge in [-0.25, -0.2) is 18.2 Å². The molecule has 0 radical (unpaired) electrons. The van der Waals surface area contributed by atoms with Gasteiger partial charge in [-0.2, -0.15) is 9.57 Å². The fraction of sp³-hybridized carbons (Fsp3) is 0.545. The highest BCUT2D eigenvalue weighted by Crippen LogP contribution is 2.25. The summed E-state index contributed by atoms with van der Waals surface area (Å²) in [5.74, 6) is -1.24. The van der Waals surface area contributed by atoms with Crippen LogP contribution in [0.5, 0.6) is 0 Å². The van der Waals surface area contributed by atoms with Gasteiger partial charge in [0.1, 0.15) is 0 Å². The summed E-state index contributed by atoms with van der Waals surface area (Å²) in [5, 5.41) is 8.80. The molecule has 0 aliphatic rings. The molecule has 0 aliphatic carbocycles. The second-order valence-corrected chi connectivity index (χ2v) is 6.95. The molecule has 9 heteroatoms. The molecule has 110 valence electrons. The topological polar surface area (TPSA) is 100 Å². The molecule has 0 spiro atoms. The minimum absolute atomic E-state index is 0.0633. The zero-order chi connectivity index (χ0) is 15.3. The zero-order valence-corrected chi connectivity index (χ0v) is 13.0. The standard InChI is InChI=1S/C11H15N3O4S2/c1-4-14(6-8(2)5-12)20(16,17)11-9(10(15)18-3)13-7-19-11/h7-8H,4,6H2,1-3H3. The number of rotatable bonds is 6. The Balaban J connectivity index is 3.19. The third-order valence-corrected chi connectivity index (χ3v) is 5.83. The largest absolute Gasteiger partial charge is 0.464 e.